The van der Waals surface area contributed by atoms with Crippen molar-refractivity contribution >= 4 is 81.3 Å². The number of fused-ring (bicyclic) bond motifs is 11. The van der Waals surface area contributed by atoms with Gasteiger partial charge in [-0.25, -0.2) is 0 Å². The highest BCUT2D eigenvalue weighted by Gasteiger charge is 2.35. The maximum Gasteiger partial charge on any atom is 0.135 e. The molecule has 10 rings (SSSR count). The lowest BCUT2D eigenvalue weighted by molar-refractivity contribution is 0.660. The Labute approximate surface area is 270 Å². The molecule has 1 aliphatic rings. The first-order valence-electron chi connectivity index (χ1n) is 15.8. The summed E-state index contributed by atoms with van der Waals surface area (Å²) in [4.78, 5) is 2.41. The fraction of sp³-hybridized carbons (Fsp3) is 0.0698. The van der Waals surface area contributed by atoms with E-state index in [4.69, 9.17) is 4.42 Å². The van der Waals surface area contributed by atoms with Gasteiger partial charge in [-0.15, -0.1) is 11.3 Å². The van der Waals surface area contributed by atoms with Crippen molar-refractivity contribution < 1.29 is 4.42 Å². The van der Waals surface area contributed by atoms with Gasteiger partial charge in [0.15, 0.2) is 0 Å². The first-order valence-corrected chi connectivity index (χ1v) is 16.7. The predicted molar refractivity (Wildman–Crippen MR) is 196 cm³/mol. The highest BCUT2D eigenvalue weighted by atomic mass is 32.1. The van der Waals surface area contributed by atoms with Crippen LogP contribution in [0.3, 0.4) is 0 Å². The molecule has 1 aliphatic carbocycles. The molecule has 0 atom stereocenters. The average Bonchev–Trinajstić information content (AvgIpc) is 3.73. The van der Waals surface area contributed by atoms with Crippen LogP contribution < -0.4 is 4.90 Å². The molecule has 0 saturated carbocycles. The minimum absolute atomic E-state index is 0.0401. The molecule has 0 saturated heterocycles. The summed E-state index contributed by atoms with van der Waals surface area (Å²) in [6, 6.07) is 51.1. The molecule has 0 amide bonds. The highest BCUT2D eigenvalue weighted by Crippen LogP contribution is 2.51. The van der Waals surface area contributed by atoms with Gasteiger partial charge < -0.3 is 9.32 Å². The van der Waals surface area contributed by atoms with Crippen LogP contribution in [0.15, 0.2) is 144 Å². The first-order chi connectivity index (χ1) is 22.5. The van der Waals surface area contributed by atoms with Crippen LogP contribution in [0.1, 0.15) is 25.0 Å². The minimum Gasteiger partial charge on any atom is -0.456 e. The Morgan fingerprint density at radius 2 is 1.20 bits per heavy atom. The SMILES string of the molecule is CC1(C)c2ccccc2-c2cc(N(c3ccc4c(ccc5sc6ccccc6c54)c3)c3ccc4oc5ccccc5c4c3)ccc21. The van der Waals surface area contributed by atoms with Crippen molar-refractivity contribution in [3.63, 3.8) is 0 Å². The Balaban J connectivity index is 1.22. The van der Waals surface area contributed by atoms with E-state index in [1.54, 1.807) is 0 Å². The van der Waals surface area contributed by atoms with Crippen LogP contribution >= 0.6 is 11.3 Å². The second-order valence-electron chi connectivity index (χ2n) is 13.0. The zero-order valence-electron chi connectivity index (χ0n) is 25.5. The normalized spacial score (nSPS) is 13.6. The number of rotatable bonds is 3. The molecular formula is C43H29NOS. The molecule has 0 fully saturated rings. The van der Waals surface area contributed by atoms with Crippen LogP contribution in [0.5, 0.6) is 0 Å². The van der Waals surface area contributed by atoms with Gasteiger partial charge in [-0.2, -0.15) is 0 Å². The van der Waals surface area contributed by atoms with Crippen molar-refractivity contribution in [3.05, 3.63) is 151 Å². The fourth-order valence-electron chi connectivity index (χ4n) is 7.83. The second-order valence-corrected chi connectivity index (χ2v) is 14.0. The van der Waals surface area contributed by atoms with E-state index in [0.717, 1.165) is 39.0 Å². The van der Waals surface area contributed by atoms with Crippen molar-refractivity contribution in [3.8, 4) is 11.1 Å². The molecule has 0 aliphatic heterocycles. The van der Waals surface area contributed by atoms with Crippen LogP contribution in [0.4, 0.5) is 17.1 Å². The van der Waals surface area contributed by atoms with Gasteiger partial charge in [-0.1, -0.05) is 92.7 Å². The summed E-state index contributed by atoms with van der Waals surface area (Å²) in [5, 5.41) is 7.46. The maximum atomic E-state index is 6.23. The van der Waals surface area contributed by atoms with Gasteiger partial charge in [0.25, 0.3) is 0 Å². The van der Waals surface area contributed by atoms with Crippen molar-refractivity contribution in [2.24, 2.45) is 0 Å². The van der Waals surface area contributed by atoms with Gasteiger partial charge in [0.2, 0.25) is 0 Å². The molecule has 0 radical (unpaired) electrons. The average molecular weight is 608 g/mol. The third-order valence-corrected chi connectivity index (χ3v) is 11.2. The first kappa shape index (κ1) is 25.9. The molecule has 46 heavy (non-hydrogen) atoms. The molecule has 0 bridgehead atoms. The molecule has 7 aromatic carbocycles. The molecule has 0 spiro atoms. The number of furan rings is 1. The van der Waals surface area contributed by atoms with Crippen molar-refractivity contribution in [2.75, 3.05) is 4.90 Å². The summed E-state index contributed by atoms with van der Waals surface area (Å²) in [5.74, 6) is 0. The molecule has 9 aromatic rings. The van der Waals surface area contributed by atoms with Gasteiger partial charge in [0.1, 0.15) is 11.2 Å². The van der Waals surface area contributed by atoms with E-state index in [-0.39, 0.29) is 5.41 Å². The van der Waals surface area contributed by atoms with Crippen molar-refractivity contribution in [1.82, 2.24) is 0 Å². The Kier molecular flexibility index (Phi) is 5.25. The molecule has 2 heterocycles. The lowest BCUT2D eigenvalue weighted by atomic mass is 9.82. The standard InChI is InChI=1S/C43H29NOS/c1-43(2)36-12-6-3-9-31(36)34-24-28(17-20-37(34)43)44(29-18-21-39-35(25-29)32-10-4-7-13-38(32)45-39)27-16-19-30-26(23-27)15-22-41-42(30)33-11-5-8-14-40(33)46-41/h3-25H,1-2H3. The Morgan fingerprint density at radius 3 is 2.13 bits per heavy atom. The predicted octanol–water partition coefficient (Wildman–Crippen LogP) is 12.9. The third kappa shape index (κ3) is 3.58. The van der Waals surface area contributed by atoms with Gasteiger partial charge in [-0.3, -0.25) is 0 Å². The van der Waals surface area contributed by atoms with E-state index in [1.165, 1.54) is 53.2 Å². The number of hydrogen-bond donors (Lipinski definition) is 0. The number of para-hydroxylation sites is 1. The van der Waals surface area contributed by atoms with E-state index in [0.29, 0.717) is 0 Å². The fourth-order valence-corrected chi connectivity index (χ4v) is 8.95. The lowest BCUT2D eigenvalue weighted by Gasteiger charge is -2.27. The number of nitrogens with zero attached hydrogens (tertiary/aromatic N) is 1. The van der Waals surface area contributed by atoms with E-state index >= 15 is 0 Å². The van der Waals surface area contributed by atoms with E-state index in [1.807, 2.05) is 23.5 Å². The summed E-state index contributed by atoms with van der Waals surface area (Å²) in [5.41, 5.74) is 10.5. The summed E-state index contributed by atoms with van der Waals surface area (Å²) in [7, 11) is 0. The zero-order chi connectivity index (χ0) is 30.6. The second kappa shape index (κ2) is 9.32. The Bertz CT molecular complexity index is 2690. The smallest absolute Gasteiger partial charge is 0.135 e. The summed E-state index contributed by atoms with van der Waals surface area (Å²) in [6.45, 7) is 4.68. The van der Waals surface area contributed by atoms with E-state index < -0.39 is 0 Å². The van der Waals surface area contributed by atoms with Gasteiger partial charge in [0, 0.05) is 53.4 Å². The van der Waals surface area contributed by atoms with Crippen LogP contribution in [0.2, 0.25) is 0 Å². The maximum absolute atomic E-state index is 6.23. The molecule has 2 aromatic heterocycles. The molecule has 218 valence electrons. The van der Waals surface area contributed by atoms with Crippen LogP contribution in [0.25, 0.3) is 64.0 Å². The van der Waals surface area contributed by atoms with Gasteiger partial charge in [0.05, 0.1) is 0 Å². The van der Waals surface area contributed by atoms with Crippen molar-refractivity contribution in [2.45, 2.75) is 19.3 Å². The van der Waals surface area contributed by atoms with Crippen LogP contribution in [-0.2, 0) is 5.41 Å². The third-order valence-electron chi connectivity index (χ3n) is 10.0. The topological polar surface area (TPSA) is 16.4 Å². The van der Waals surface area contributed by atoms with E-state index in [2.05, 4.69) is 146 Å². The quantitative estimate of drug-likeness (QED) is 0.199. The number of hydrogen-bond acceptors (Lipinski definition) is 3. The monoisotopic (exact) mass is 607 g/mol. The molecule has 0 unspecified atom stereocenters. The van der Waals surface area contributed by atoms with Crippen LogP contribution in [0, 0.1) is 0 Å². The van der Waals surface area contributed by atoms with Gasteiger partial charge >= 0.3 is 0 Å². The number of thiophene rings is 1. The zero-order valence-corrected chi connectivity index (χ0v) is 26.4. The van der Waals surface area contributed by atoms with Gasteiger partial charge in [-0.05, 0) is 93.7 Å². The largest absolute Gasteiger partial charge is 0.456 e. The molecular weight excluding hydrogens is 579 g/mol. The van der Waals surface area contributed by atoms with Crippen molar-refractivity contribution in [1.29, 1.82) is 0 Å². The molecule has 2 nitrogen and oxygen atoms in total. The molecule has 3 heteroatoms. The minimum atomic E-state index is -0.0401. The summed E-state index contributed by atoms with van der Waals surface area (Å²) in [6.07, 6.45) is 0. The highest BCUT2D eigenvalue weighted by molar-refractivity contribution is 7.26. The lowest BCUT2D eigenvalue weighted by Crippen LogP contribution is -2.15. The summed E-state index contributed by atoms with van der Waals surface area (Å²) >= 11 is 1.87. The van der Waals surface area contributed by atoms with E-state index in [9.17, 15) is 0 Å². The Morgan fingerprint density at radius 1 is 0.500 bits per heavy atom. The number of anilines is 3. The number of benzene rings is 7. The summed E-state index contributed by atoms with van der Waals surface area (Å²) < 4.78 is 8.89. The molecule has 0 N–H and O–H groups in total. The van der Waals surface area contributed by atoms with Crippen LogP contribution in [-0.4, -0.2) is 0 Å². The Hall–Kier alpha value is -5.38.